The van der Waals surface area contributed by atoms with Gasteiger partial charge in [0.1, 0.15) is 0 Å². The smallest absolute Gasteiger partial charge is 0.347 e. The van der Waals surface area contributed by atoms with Gasteiger partial charge in [-0.25, -0.2) is 0 Å². The topological polar surface area (TPSA) is 28.5 Å². The summed E-state index contributed by atoms with van der Waals surface area (Å²) < 4.78 is 42.8. The summed E-state index contributed by atoms with van der Waals surface area (Å²) in [6, 6.07) is 7.49. The Hall–Kier alpha value is -1.49. The van der Waals surface area contributed by atoms with E-state index in [1.54, 1.807) is 35.6 Å². The standard InChI is InChI=1S/C25H25Cl2F3IN3O/c1-15-11-16(25(28,29)30)12-22-19(15)13-17(32(22)2)14-20-21(26)4-3-18(23(20)27)24(35)34-9-7-33(6-5-31)8-10-34/h3-4,11-13H,5-10,14H2,1-2H3. The van der Waals surface area contributed by atoms with Crippen LogP contribution in [-0.2, 0) is 19.6 Å². The van der Waals surface area contributed by atoms with Crippen molar-refractivity contribution in [2.75, 3.05) is 37.2 Å². The van der Waals surface area contributed by atoms with Crippen LogP contribution in [0.5, 0.6) is 0 Å². The first-order valence-electron chi connectivity index (χ1n) is 11.2. The molecule has 35 heavy (non-hydrogen) atoms. The number of carbonyl (C=O) groups excluding carboxylic acids is 1. The number of aryl methyl sites for hydroxylation is 2. The quantitative estimate of drug-likeness (QED) is 0.233. The van der Waals surface area contributed by atoms with Gasteiger partial charge in [-0.15, -0.1) is 0 Å². The molecular formula is C25H25Cl2F3IN3O. The Morgan fingerprint density at radius 2 is 1.77 bits per heavy atom. The van der Waals surface area contributed by atoms with Crippen molar-refractivity contribution in [2.45, 2.75) is 19.5 Å². The Kier molecular flexibility index (Phi) is 7.95. The lowest BCUT2D eigenvalue weighted by atomic mass is 10.0. The number of aromatic nitrogens is 1. The highest BCUT2D eigenvalue weighted by Gasteiger charge is 2.32. The van der Waals surface area contributed by atoms with Gasteiger partial charge in [-0.05, 0) is 48.4 Å². The molecule has 0 radical (unpaired) electrons. The lowest BCUT2D eigenvalue weighted by Gasteiger charge is -2.34. The second kappa shape index (κ2) is 10.5. The molecule has 2 heterocycles. The Balaban J connectivity index is 1.64. The largest absolute Gasteiger partial charge is 0.416 e. The van der Waals surface area contributed by atoms with Crippen molar-refractivity contribution >= 4 is 62.6 Å². The van der Waals surface area contributed by atoms with E-state index in [1.807, 2.05) is 6.07 Å². The minimum absolute atomic E-state index is 0.134. The molecule has 0 saturated carbocycles. The van der Waals surface area contributed by atoms with Gasteiger partial charge in [0, 0.05) is 72.2 Å². The highest BCUT2D eigenvalue weighted by atomic mass is 127. The molecular weight excluding hydrogens is 613 g/mol. The van der Waals surface area contributed by atoms with Crippen molar-refractivity contribution < 1.29 is 18.0 Å². The van der Waals surface area contributed by atoms with Gasteiger partial charge >= 0.3 is 6.18 Å². The number of piperazine rings is 1. The molecule has 1 aliphatic heterocycles. The first-order chi connectivity index (χ1) is 16.5. The normalized spacial score (nSPS) is 15.3. The van der Waals surface area contributed by atoms with Crippen LogP contribution in [0.2, 0.25) is 10.0 Å². The van der Waals surface area contributed by atoms with Crippen LogP contribution in [0, 0.1) is 6.92 Å². The monoisotopic (exact) mass is 637 g/mol. The van der Waals surface area contributed by atoms with E-state index >= 15 is 0 Å². The summed E-state index contributed by atoms with van der Waals surface area (Å²) in [7, 11) is 1.73. The molecule has 0 unspecified atom stereocenters. The summed E-state index contributed by atoms with van der Waals surface area (Å²) in [5, 5.41) is 1.44. The van der Waals surface area contributed by atoms with Crippen LogP contribution < -0.4 is 0 Å². The molecule has 1 aliphatic rings. The van der Waals surface area contributed by atoms with Crippen LogP contribution in [0.4, 0.5) is 13.2 Å². The fourth-order valence-electron chi connectivity index (χ4n) is 4.57. The van der Waals surface area contributed by atoms with Crippen molar-refractivity contribution in [3.05, 3.63) is 68.3 Å². The summed E-state index contributed by atoms with van der Waals surface area (Å²) in [5.74, 6) is -0.134. The number of halogens is 6. The number of alkyl halides is 4. The van der Waals surface area contributed by atoms with Crippen LogP contribution in [0.15, 0.2) is 30.3 Å². The van der Waals surface area contributed by atoms with E-state index in [4.69, 9.17) is 23.2 Å². The van der Waals surface area contributed by atoms with E-state index in [-0.39, 0.29) is 17.4 Å². The molecule has 2 aromatic carbocycles. The molecule has 1 fully saturated rings. The highest BCUT2D eigenvalue weighted by molar-refractivity contribution is 14.1. The number of carbonyl (C=O) groups is 1. The van der Waals surface area contributed by atoms with Crippen LogP contribution in [0.3, 0.4) is 0 Å². The zero-order valence-corrected chi connectivity index (χ0v) is 23.0. The van der Waals surface area contributed by atoms with Crippen molar-refractivity contribution in [3.8, 4) is 0 Å². The van der Waals surface area contributed by atoms with Gasteiger partial charge in [-0.2, -0.15) is 13.2 Å². The Bertz CT molecular complexity index is 1270. The molecule has 0 aliphatic carbocycles. The van der Waals surface area contributed by atoms with Crippen molar-refractivity contribution in [1.82, 2.24) is 14.4 Å². The summed E-state index contributed by atoms with van der Waals surface area (Å²) in [6.07, 6.45) is -4.14. The molecule has 1 saturated heterocycles. The molecule has 10 heteroatoms. The van der Waals surface area contributed by atoms with Crippen LogP contribution in [-0.4, -0.2) is 57.4 Å². The maximum absolute atomic E-state index is 13.3. The molecule has 4 nitrogen and oxygen atoms in total. The fourth-order valence-corrected chi connectivity index (χ4v) is 5.83. The SMILES string of the molecule is Cc1cc(C(F)(F)F)cc2c1cc(Cc1c(Cl)ccc(C(=O)N3CCN(CCI)CC3)c1Cl)n2C. The number of hydrogen-bond donors (Lipinski definition) is 0. The van der Waals surface area contributed by atoms with Crippen molar-refractivity contribution in [3.63, 3.8) is 0 Å². The number of amides is 1. The highest BCUT2D eigenvalue weighted by Crippen LogP contribution is 2.36. The third kappa shape index (κ3) is 5.45. The van der Waals surface area contributed by atoms with E-state index < -0.39 is 11.7 Å². The van der Waals surface area contributed by atoms with E-state index in [9.17, 15) is 18.0 Å². The molecule has 188 valence electrons. The maximum Gasteiger partial charge on any atom is 0.416 e. The number of fused-ring (bicyclic) bond motifs is 1. The molecule has 4 rings (SSSR count). The van der Waals surface area contributed by atoms with Crippen molar-refractivity contribution in [2.24, 2.45) is 7.05 Å². The average Bonchev–Trinajstić information content (AvgIpc) is 3.12. The molecule has 0 bridgehead atoms. The Morgan fingerprint density at radius 3 is 2.40 bits per heavy atom. The molecule has 1 aromatic heterocycles. The molecule has 0 atom stereocenters. The van der Waals surface area contributed by atoms with E-state index in [0.717, 1.165) is 47.3 Å². The lowest BCUT2D eigenvalue weighted by molar-refractivity contribution is -0.137. The summed E-state index contributed by atoms with van der Waals surface area (Å²) in [5.41, 5.74) is 2.07. The van der Waals surface area contributed by atoms with Gasteiger partial charge in [0.15, 0.2) is 0 Å². The van der Waals surface area contributed by atoms with Gasteiger partial charge in [-0.1, -0.05) is 45.8 Å². The average molecular weight is 638 g/mol. The predicted molar refractivity (Wildman–Crippen MR) is 143 cm³/mol. The summed E-state index contributed by atoms with van der Waals surface area (Å²) in [6.45, 7) is 5.58. The zero-order valence-electron chi connectivity index (χ0n) is 19.4. The van der Waals surface area contributed by atoms with Crippen LogP contribution in [0.1, 0.15) is 32.7 Å². The molecule has 0 N–H and O–H groups in total. The number of hydrogen-bond acceptors (Lipinski definition) is 2. The molecule has 3 aromatic rings. The van der Waals surface area contributed by atoms with Crippen LogP contribution >= 0.6 is 45.8 Å². The van der Waals surface area contributed by atoms with Gasteiger partial charge in [0.25, 0.3) is 5.91 Å². The third-order valence-electron chi connectivity index (χ3n) is 6.63. The van der Waals surface area contributed by atoms with E-state index in [1.165, 1.54) is 0 Å². The first-order valence-corrected chi connectivity index (χ1v) is 13.5. The Morgan fingerprint density at radius 1 is 1.09 bits per heavy atom. The van der Waals surface area contributed by atoms with E-state index in [2.05, 4.69) is 27.5 Å². The summed E-state index contributed by atoms with van der Waals surface area (Å²) in [4.78, 5) is 17.4. The second-order valence-electron chi connectivity index (χ2n) is 8.81. The molecule has 1 amide bonds. The number of benzene rings is 2. The zero-order chi connectivity index (χ0) is 25.5. The fraction of sp³-hybridized carbons (Fsp3) is 0.400. The summed E-state index contributed by atoms with van der Waals surface area (Å²) >= 11 is 15.6. The first kappa shape index (κ1) is 26.6. The van der Waals surface area contributed by atoms with Gasteiger partial charge < -0.3 is 9.47 Å². The van der Waals surface area contributed by atoms with Gasteiger partial charge in [0.2, 0.25) is 0 Å². The van der Waals surface area contributed by atoms with E-state index in [0.29, 0.717) is 40.3 Å². The maximum atomic E-state index is 13.3. The minimum Gasteiger partial charge on any atom is -0.347 e. The van der Waals surface area contributed by atoms with Gasteiger partial charge in [-0.3, -0.25) is 9.69 Å². The lowest BCUT2D eigenvalue weighted by Crippen LogP contribution is -2.49. The second-order valence-corrected chi connectivity index (χ2v) is 10.7. The predicted octanol–water partition coefficient (Wildman–Crippen LogP) is 6.60. The molecule has 0 spiro atoms. The van der Waals surface area contributed by atoms with Crippen molar-refractivity contribution in [1.29, 1.82) is 0 Å². The van der Waals surface area contributed by atoms with Gasteiger partial charge in [0.05, 0.1) is 16.1 Å². The Labute approximate surface area is 226 Å². The third-order valence-corrected chi connectivity index (χ3v) is 7.90. The number of nitrogens with zero attached hydrogens (tertiary/aromatic N) is 3. The minimum atomic E-state index is -4.42. The number of rotatable bonds is 5. The van der Waals surface area contributed by atoms with Crippen LogP contribution in [0.25, 0.3) is 10.9 Å².